The van der Waals surface area contributed by atoms with Crippen LogP contribution < -0.4 is 0 Å². The number of halogens is 1. The second-order valence-corrected chi connectivity index (χ2v) is 3.18. The Morgan fingerprint density at radius 1 is 0.938 bits per heavy atom. The van der Waals surface area contributed by atoms with Gasteiger partial charge in [0.25, 0.3) is 0 Å². The van der Waals surface area contributed by atoms with Gasteiger partial charge in [-0.2, -0.15) is 0 Å². The summed E-state index contributed by atoms with van der Waals surface area (Å²) in [6.07, 6.45) is 1.04. The van der Waals surface area contributed by atoms with Crippen LogP contribution in [0.5, 0.6) is 0 Å². The number of fused-ring (bicyclic) bond motifs is 1. The Morgan fingerprint density at radius 3 is 1.50 bits per heavy atom. The van der Waals surface area contributed by atoms with E-state index in [4.69, 9.17) is 7.74 Å². The summed E-state index contributed by atoms with van der Waals surface area (Å²) < 4.78 is 0. The molecule has 2 aromatic rings. The van der Waals surface area contributed by atoms with Crippen molar-refractivity contribution in [2.75, 3.05) is 0 Å². The molecule has 0 nitrogen and oxygen atoms in total. The third kappa shape index (κ3) is 5.32. The summed E-state index contributed by atoms with van der Waals surface area (Å²) in [4.78, 5) is 0. The highest BCUT2D eigenvalue weighted by molar-refractivity contribution is 7.23. The summed E-state index contributed by atoms with van der Waals surface area (Å²) in [5.74, 6) is 0. The van der Waals surface area contributed by atoms with E-state index in [-0.39, 0.29) is 12.4 Å². The van der Waals surface area contributed by atoms with E-state index in [1.807, 2.05) is 14.1 Å². The highest BCUT2D eigenvalue weighted by Gasteiger charge is 1.85. The lowest BCUT2D eigenvalue weighted by atomic mass is 9.27. The van der Waals surface area contributed by atoms with Crippen LogP contribution in [0.3, 0.4) is 0 Å². The molecule has 0 atom stereocenters. The quantitative estimate of drug-likeness (QED) is 0.690. The fourth-order valence-electron chi connectivity index (χ4n) is 1.27. The standard InChI is InChI=1S/C10H8.C2H5B3.ClH/c1-2-6-10-8-4-3-7-9(10)5-1;1-2-4-5-3;/h1-8H;2H2,1H3;1H. The lowest BCUT2D eigenvalue weighted by Crippen LogP contribution is -1.98. The predicted octanol–water partition coefficient (Wildman–Crippen LogP) is 3.09. The predicted molar refractivity (Wildman–Crippen MR) is 78.9 cm³/mol. The second kappa shape index (κ2) is 9.41. The van der Waals surface area contributed by atoms with E-state index < -0.39 is 0 Å². The molecule has 0 heterocycles. The van der Waals surface area contributed by atoms with Crippen molar-refractivity contribution in [3.05, 3.63) is 48.5 Å². The van der Waals surface area contributed by atoms with Gasteiger partial charge in [0.1, 0.15) is 0 Å². The van der Waals surface area contributed by atoms with E-state index in [1.165, 1.54) is 10.8 Å². The van der Waals surface area contributed by atoms with E-state index >= 15 is 0 Å². The third-order valence-corrected chi connectivity index (χ3v) is 2.03. The van der Waals surface area contributed by atoms with Crippen LogP contribution in [-0.4, -0.2) is 22.0 Å². The van der Waals surface area contributed by atoms with Gasteiger partial charge >= 0.3 is 0 Å². The van der Waals surface area contributed by atoms with Gasteiger partial charge in [0.2, 0.25) is 0 Å². The molecular formula is C12H14B3Cl. The maximum absolute atomic E-state index is 4.96. The molecule has 2 aromatic carbocycles. The Labute approximate surface area is 107 Å². The highest BCUT2D eigenvalue weighted by atomic mass is 35.5. The Balaban J connectivity index is 0.000000330. The molecule has 0 fully saturated rings. The van der Waals surface area contributed by atoms with Gasteiger partial charge in [-0.15, -0.1) is 12.4 Å². The Morgan fingerprint density at radius 2 is 1.31 bits per heavy atom. The van der Waals surface area contributed by atoms with Crippen molar-refractivity contribution in [1.82, 2.24) is 0 Å². The normalized spacial score (nSPS) is 8.31. The van der Waals surface area contributed by atoms with Gasteiger partial charge in [0.05, 0.1) is 7.17 Å². The Kier molecular flexibility index (Phi) is 8.93. The molecule has 0 aliphatic heterocycles. The van der Waals surface area contributed by atoms with Crippen molar-refractivity contribution in [2.24, 2.45) is 0 Å². The lowest BCUT2D eigenvalue weighted by Gasteiger charge is -1.92. The topological polar surface area (TPSA) is 0 Å². The largest absolute Gasteiger partial charge is 0.147 e. The maximum atomic E-state index is 4.96. The minimum Gasteiger partial charge on any atom is -0.147 e. The first-order valence-corrected chi connectivity index (χ1v) is 5.19. The molecule has 2 rings (SSSR count). The molecule has 0 bridgehead atoms. The lowest BCUT2D eigenvalue weighted by molar-refractivity contribution is 1.47. The molecule has 0 aliphatic rings. The van der Waals surface area contributed by atoms with E-state index in [0.717, 1.165) is 6.32 Å². The zero-order valence-electron chi connectivity index (χ0n) is 9.47. The average Bonchev–Trinajstić information content (AvgIpc) is 2.31. The molecule has 0 unspecified atom stereocenters. The molecule has 0 saturated carbocycles. The molecule has 0 N–H and O–H groups in total. The first-order valence-electron chi connectivity index (χ1n) is 5.19. The van der Waals surface area contributed by atoms with Crippen LogP contribution in [-0.2, 0) is 0 Å². The van der Waals surface area contributed by atoms with Crippen molar-refractivity contribution < 1.29 is 0 Å². The molecular weight excluding hydrogens is 212 g/mol. The summed E-state index contributed by atoms with van der Waals surface area (Å²) in [6, 6.07) is 16.7. The fraction of sp³-hybridized carbons (Fsp3) is 0.167. The smallest absolute Gasteiger partial charge is 0.0541 e. The molecule has 4 radical (unpaired) electrons. The van der Waals surface area contributed by atoms with Gasteiger partial charge < -0.3 is 0 Å². The Bertz CT molecular complexity index is 325. The fourth-order valence-corrected chi connectivity index (χ4v) is 1.27. The van der Waals surface area contributed by atoms with Crippen molar-refractivity contribution in [3.63, 3.8) is 0 Å². The monoisotopic (exact) mass is 226 g/mol. The highest BCUT2D eigenvalue weighted by Crippen LogP contribution is 2.11. The molecule has 0 spiro atoms. The van der Waals surface area contributed by atoms with Crippen LogP contribution in [0.15, 0.2) is 48.5 Å². The van der Waals surface area contributed by atoms with Crippen molar-refractivity contribution in [3.8, 4) is 0 Å². The summed E-state index contributed by atoms with van der Waals surface area (Å²) in [5.41, 5.74) is 0. The summed E-state index contributed by atoms with van der Waals surface area (Å²) in [6.45, 7) is 2.04. The maximum Gasteiger partial charge on any atom is 0.0541 e. The van der Waals surface area contributed by atoms with Crippen LogP contribution in [0, 0.1) is 0 Å². The van der Waals surface area contributed by atoms with Crippen LogP contribution in [0.4, 0.5) is 0 Å². The van der Waals surface area contributed by atoms with E-state index in [0.29, 0.717) is 0 Å². The summed E-state index contributed by atoms with van der Waals surface area (Å²) in [5, 5.41) is 2.62. The number of rotatable bonds is 2. The average molecular weight is 226 g/mol. The zero-order chi connectivity index (χ0) is 10.9. The summed E-state index contributed by atoms with van der Waals surface area (Å²) >= 11 is 0. The molecule has 0 aliphatic carbocycles. The first kappa shape index (κ1) is 15.2. The molecule has 16 heavy (non-hydrogen) atoms. The number of benzene rings is 2. The van der Waals surface area contributed by atoms with Gasteiger partial charge in [-0.3, -0.25) is 0 Å². The van der Waals surface area contributed by atoms with Gasteiger partial charge in [-0.1, -0.05) is 61.8 Å². The SMILES string of the molecule is Cl.[B][B][B]CC.c1ccc2ccccc2c1. The number of hydrogen-bond acceptors (Lipinski definition) is 0. The molecule has 0 aromatic heterocycles. The van der Waals surface area contributed by atoms with E-state index in [2.05, 4.69) is 48.5 Å². The van der Waals surface area contributed by atoms with Gasteiger partial charge in [0, 0.05) is 14.8 Å². The molecule has 0 saturated heterocycles. The van der Waals surface area contributed by atoms with Gasteiger partial charge in [-0.05, 0) is 10.8 Å². The first-order chi connectivity index (χ1) is 7.38. The minimum absolute atomic E-state index is 0. The molecule has 78 valence electrons. The summed E-state index contributed by atoms with van der Waals surface area (Å²) in [7, 11) is 8.42. The minimum atomic E-state index is 0. The van der Waals surface area contributed by atoms with Crippen LogP contribution >= 0.6 is 12.4 Å². The molecule has 4 heteroatoms. The van der Waals surface area contributed by atoms with Crippen molar-refractivity contribution in [2.45, 2.75) is 13.2 Å². The number of hydrogen-bond donors (Lipinski definition) is 0. The van der Waals surface area contributed by atoms with Gasteiger partial charge in [-0.25, -0.2) is 0 Å². The third-order valence-electron chi connectivity index (χ3n) is 2.03. The van der Waals surface area contributed by atoms with Gasteiger partial charge in [0.15, 0.2) is 0 Å². The van der Waals surface area contributed by atoms with Crippen LogP contribution in [0.1, 0.15) is 6.92 Å². The van der Waals surface area contributed by atoms with Crippen LogP contribution in [0.2, 0.25) is 6.32 Å². The molecule has 0 amide bonds. The van der Waals surface area contributed by atoms with E-state index in [1.54, 1.807) is 7.06 Å². The van der Waals surface area contributed by atoms with Crippen LogP contribution in [0.25, 0.3) is 10.8 Å². The Hall–Kier alpha value is -0.815. The van der Waals surface area contributed by atoms with E-state index in [9.17, 15) is 0 Å². The second-order valence-electron chi connectivity index (χ2n) is 3.18. The zero-order valence-corrected chi connectivity index (χ0v) is 10.3. The van der Waals surface area contributed by atoms with Crippen molar-refractivity contribution in [1.29, 1.82) is 0 Å². The van der Waals surface area contributed by atoms with Crippen molar-refractivity contribution >= 4 is 45.1 Å².